The van der Waals surface area contributed by atoms with Crippen LogP contribution in [-0.4, -0.2) is 52.2 Å². The van der Waals surface area contributed by atoms with Gasteiger partial charge in [0, 0.05) is 18.5 Å². The third kappa shape index (κ3) is 4.33. The maximum atomic E-state index is 12.6. The SMILES string of the molecule is CCOC(=O)[C@@H]1CCCN(C(=O)CSc2nc(C)nc3ccccc23)C1. The van der Waals surface area contributed by atoms with Gasteiger partial charge in [-0.1, -0.05) is 30.0 Å². The molecule has 1 saturated heterocycles. The molecule has 1 aromatic carbocycles. The fraction of sp³-hybridized carbons (Fsp3) is 0.474. The van der Waals surface area contributed by atoms with E-state index in [2.05, 4.69) is 9.97 Å². The van der Waals surface area contributed by atoms with E-state index < -0.39 is 0 Å². The number of piperidine rings is 1. The monoisotopic (exact) mass is 373 g/mol. The van der Waals surface area contributed by atoms with Crippen LogP contribution in [0.4, 0.5) is 0 Å². The van der Waals surface area contributed by atoms with Crippen molar-refractivity contribution in [1.82, 2.24) is 14.9 Å². The topological polar surface area (TPSA) is 72.4 Å². The summed E-state index contributed by atoms with van der Waals surface area (Å²) in [6.45, 7) is 5.17. The lowest BCUT2D eigenvalue weighted by atomic mass is 9.98. The van der Waals surface area contributed by atoms with E-state index >= 15 is 0 Å². The minimum absolute atomic E-state index is 0.0318. The lowest BCUT2D eigenvalue weighted by Gasteiger charge is -2.31. The van der Waals surface area contributed by atoms with E-state index in [-0.39, 0.29) is 17.8 Å². The van der Waals surface area contributed by atoms with Gasteiger partial charge in [0.2, 0.25) is 5.91 Å². The van der Waals surface area contributed by atoms with Gasteiger partial charge in [0.15, 0.2) is 0 Å². The average molecular weight is 373 g/mol. The third-order valence-electron chi connectivity index (χ3n) is 4.41. The lowest BCUT2D eigenvalue weighted by molar-refractivity contribution is -0.151. The summed E-state index contributed by atoms with van der Waals surface area (Å²) < 4.78 is 5.10. The van der Waals surface area contributed by atoms with Crippen LogP contribution in [0, 0.1) is 12.8 Å². The van der Waals surface area contributed by atoms with E-state index in [4.69, 9.17) is 4.74 Å². The van der Waals surface area contributed by atoms with Crippen LogP contribution in [0.15, 0.2) is 29.3 Å². The van der Waals surface area contributed by atoms with Crippen molar-refractivity contribution in [2.45, 2.75) is 31.7 Å². The zero-order chi connectivity index (χ0) is 18.5. The highest BCUT2D eigenvalue weighted by molar-refractivity contribution is 8.00. The molecule has 2 aromatic rings. The van der Waals surface area contributed by atoms with E-state index in [0.29, 0.717) is 31.3 Å². The summed E-state index contributed by atoms with van der Waals surface area (Å²) in [4.78, 5) is 35.3. The number of para-hydroxylation sites is 1. The Morgan fingerprint density at radius 1 is 1.31 bits per heavy atom. The van der Waals surface area contributed by atoms with Gasteiger partial charge in [-0.15, -0.1) is 0 Å². The van der Waals surface area contributed by atoms with Crippen LogP contribution in [-0.2, 0) is 14.3 Å². The van der Waals surface area contributed by atoms with Crippen molar-refractivity contribution in [3.63, 3.8) is 0 Å². The van der Waals surface area contributed by atoms with Crippen LogP contribution in [0.25, 0.3) is 10.9 Å². The number of amides is 1. The molecule has 0 bridgehead atoms. The van der Waals surface area contributed by atoms with Crippen molar-refractivity contribution < 1.29 is 14.3 Å². The quantitative estimate of drug-likeness (QED) is 0.456. The number of carbonyl (C=O) groups excluding carboxylic acids is 2. The number of likely N-dealkylation sites (tertiary alicyclic amines) is 1. The molecule has 0 saturated carbocycles. The molecule has 1 atom stereocenters. The van der Waals surface area contributed by atoms with Gasteiger partial charge >= 0.3 is 5.97 Å². The molecule has 1 aliphatic heterocycles. The number of rotatable bonds is 5. The summed E-state index contributed by atoms with van der Waals surface area (Å²) in [5.74, 6) is 0.619. The van der Waals surface area contributed by atoms with Crippen molar-refractivity contribution in [2.24, 2.45) is 5.92 Å². The molecule has 0 N–H and O–H groups in total. The Morgan fingerprint density at radius 2 is 2.12 bits per heavy atom. The second kappa shape index (κ2) is 8.49. The number of hydrogen-bond donors (Lipinski definition) is 0. The number of esters is 1. The fourth-order valence-corrected chi connectivity index (χ4v) is 4.11. The average Bonchev–Trinajstić information content (AvgIpc) is 2.66. The first-order chi connectivity index (χ1) is 12.6. The van der Waals surface area contributed by atoms with E-state index in [1.807, 2.05) is 31.2 Å². The molecule has 1 aliphatic rings. The predicted octanol–water partition coefficient (Wildman–Crippen LogP) is 2.83. The molecule has 1 amide bonds. The summed E-state index contributed by atoms with van der Waals surface area (Å²) in [7, 11) is 0. The first-order valence-corrected chi connectivity index (χ1v) is 9.87. The highest BCUT2D eigenvalue weighted by atomic mass is 32.2. The second-order valence-electron chi connectivity index (χ2n) is 6.31. The highest BCUT2D eigenvalue weighted by Gasteiger charge is 2.29. The van der Waals surface area contributed by atoms with Gasteiger partial charge in [0.05, 0.1) is 23.8 Å². The molecular weight excluding hydrogens is 350 g/mol. The third-order valence-corrected chi connectivity index (χ3v) is 5.38. The van der Waals surface area contributed by atoms with E-state index in [9.17, 15) is 9.59 Å². The second-order valence-corrected chi connectivity index (χ2v) is 7.28. The number of nitrogens with zero attached hydrogens (tertiary/aromatic N) is 3. The molecule has 1 fully saturated rings. The Kier molecular flexibility index (Phi) is 6.08. The van der Waals surface area contributed by atoms with Crippen LogP contribution in [0.3, 0.4) is 0 Å². The molecule has 3 rings (SSSR count). The number of hydrogen-bond acceptors (Lipinski definition) is 6. The molecule has 138 valence electrons. The largest absolute Gasteiger partial charge is 0.466 e. The van der Waals surface area contributed by atoms with Crippen LogP contribution in [0.1, 0.15) is 25.6 Å². The molecular formula is C19H23N3O3S. The van der Waals surface area contributed by atoms with E-state index in [0.717, 1.165) is 28.8 Å². The van der Waals surface area contributed by atoms with Crippen molar-refractivity contribution in [3.8, 4) is 0 Å². The van der Waals surface area contributed by atoms with Gasteiger partial charge in [-0.2, -0.15) is 0 Å². The number of ether oxygens (including phenoxy) is 1. The molecule has 1 aromatic heterocycles. The molecule has 0 radical (unpaired) electrons. The summed E-state index contributed by atoms with van der Waals surface area (Å²) in [6, 6.07) is 7.81. The highest BCUT2D eigenvalue weighted by Crippen LogP contribution is 2.26. The Labute approximate surface area is 157 Å². The van der Waals surface area contributed by atoms with Gasteiger partial charge < -0.3 is 9.64 Å². The van der Waals surface area contributed by atoms with Gasteiger partial charge in [0.1, 0.15) is 10.9 Å². The van der Waals surface area contributed by atoms with Crippen molar-refractivity contribution in [2.75, 3.05) is 25.4 Å². The molecule has 2 heterocycles. The van der Waals surface area contributed by atoms with Crippen molar-refractivity contribution in [1.29, 1.82) is 0 Å². The Morgan fingerprint density at radius 3 is 2.92 bits per heavy atom. The maximum absolute atomic E-state index is 12.6. The standard InChI is InChI=1S/C19H23N3O3S/c1-3-25-19(24)14-7-6-10-22(11-14)17(23)12-26-18-15-8-4-5-9-16(15)20-13(2)21-18/h4-5,8-9,14H,3,6-7,10-12H2,1-2H3/t14-/m1/s1. The minimum Gasteiger partial charge on any atom is -0.466 e. The summed E-state index contributed by atoms with van der Waals surface area (Å²) in [5, 5.41) is 1.78. The summed E-state index contributed by atoms with van der Waals surface area (Å²) in [5.41, 5.74) is 0.885. The van der Waals surface area contributed by atoms with E-state index in [1.54, 1.807) is 11.8 Å². The summed E-state index contributed by atoms with van der Waals surface area (Å²) >= 11 is 1.43. The first kappa shape index (κ1) is 18.6. The van der Waals surface area contributed by atoms with Crippen LogP contribution >= 0.6 is 11.8 Å². The normalized spacial score (nSPS) is 17.3. The van der Waals surface area contributed by atoms with Crippen molar-refractivity contribution >= 4 is 34.5 Å². The number of aromatic nitrogens is 2. The number of fused-ring (bicyclic) bond motifs is 1. The zero-order valence-corrected chi connectivity index (χ0v) is 15.9. The minimum atomic E-state index is -0.209. The molecule has 0 aliphatic carbocycles. The Bertz CT molecular complexity index is 812. The number of carbonyl (C=O) groups is 2. The molecule has 6 nitrogen and oxygen atoms in total. The van der Waals surface area contributed by atoms with Crippen LogP contribution in [0.5, 0.6) is 0 Å². The number of benzene rings is 1. The summed E-state index contributed by atoms with van der Waals surface area (Å²) in [6.07, 6.45) is 1.61. The number of aryl methyl sites for hydroxylation is 1. The lowest BCUT2D eigenvalue weighted by Crippen LogP contribution is -2.43. The predicted molar refractivity (Wildman–Crippen MR) is 101 cm³/mol. The Balaban J connectivity index is 1.65. The smallest absolute Gasteiger partial charge is 0.310 e. The van der Waals surface area contributed by atoms with Gasteiger partial charge in [-0.3, -0.25) is 9.59 Å². The van der Waals surface area contributed by atoms with E-state index in [1.165, 1.54) is 11.8 Å². The van der Waals surface area contributed by atoms with Gasteiger partial charge in [0.25, 0.3) is 0 Å². The van der Waals surface area contributed by atoms with Crippen molar-refractivity contribution in [3.05, 3.63) is 30.1 Å². The molecule has 26 heavy (non-hydrogen) atoms. The van der Waals surface area contributed by atoms with Gasteiger partial charge in [-0.05, 0) is 32.8 Å². The first-order valence-electron chi connectivity index (χ1n) is 8.89. The maximum Gasteiger partial charge on any atom is 0.310 e. The molecule has 0 unspecified atom stereocenters. The molecule has 7 heteroatoms. The number of thioether (sulfide) groups is 1. The van der Waals surface area contributed by atoms with Crippen LogP contribution in [0.2, 0.25) is 0 Å². The Hall–Kier alpha value is -2.15. The fourth-order valence-electron chi connectivity index (χ4n) is 3.15. The zero-order valence-electron chi connectivity index (χ0n) is 15.1. The molecule has 0 spiro atoms. The van der Waals surface area contributed by atoms with Crippen LogP contribution < -0.4 is 0 Å². The van der Waals surface area contributed by atoms with Gasteiger partial charge in [-0.25, -0.2) is 9.97 Å².